The van der Waals surface area contributed by atoms with Crippen LogP contribution in [0.25, 0.3) is 66.1 Å². The molecule has 0 saturated heterocycles. The lowest BCUT2D eigenvalue weighted by Gasteiger charge is -2.09. The molecule has 1 aromatic heterocycles. The first kappa shape index (κ1) is 19.7. The molecule has 1 heterocycles. The quantitative estimate of drug-likeness (QED) is 0.251. The van der Waals surface area contributed by atoms with E-state index in [0.717, 1.165) is 23.2 Å². The second-order valence-electron chi connectivity index (χ2n) is 9.76. The molecule has 0 amide bonds. The molecule has 1 aliphatic carbocycles. The Hall–Kier alpha value is -4.62. The van der Waals surface area contributed by atoms with Gasteiger partial charge in [0.1, 0.15) is 11.2 Å². The lowest BCUT2D eigenvalue weighted by molar-refractivity contribution is 0.670. The fraction of sp³-hybridized carbons (Fsp3) is 0.0286. The van der Waals surface area contributed by atoms with Crippen molar-refractivity contribution < 1.29 is 4.42 Å². The Kier molecular flexibility index (Phi) is 4.06. The number of rotatable bonds is 2. The van der Waals surface area contributed by atoms with Gasteiger partial charge in [-0.2, -0.15) is 0 Å². The van der Waals surface area contributed by atoms with Crippen molar-refractivity contribution in [2.24, 2.45) is 0 Å². The maximum atomic E-state index is 6.34. The molecule has 0 atom stereocenters. The molecule has 1 aliphatic rings. The Bertz CT molecular complexity index is 1970. The molecular formula is C35H22O. The Morgan fingerprint density at radius 1 is 0.444 bits per heavy atom. The molecule has 0 aliphatic heterocycles. The molecule has 6 aromatic carbocycles. The third-order valence-electron chi connectivity index (χ3n) is 7.69. The Balaban J connectivity index is 1.27. The summed E-state index contributed by atoms with van der Waals surface area (Å²) in [7, 11) is 0. The molecule has 1 nitrogen and oxygen atoms in total. The highest BCUT2D eigenvalue weighted by Crippen LogP contribution is 2.43. The fourth-order valence-corrected chi connectivity index (χ4v) is 5.86. The van der Waals surface area contributed by atoms with Gasteiger partial charge in [0.15, 0.2) is 0 Å². The molecular weight excluding hydrogens is 436 g/mol. The van der Waals surface area contributed by atoms with Gasteiger partial charge >= 0.3 is 0 Å². The van der Waals surface area contributed by atoms with E-state index < -0.39 is 0 Å². The van der Waals surface area contributed by atoms with E-state index in [9.17, 15) is 0 Å². The highest BCUT2D eigenvalue weighted by atomic mass is 16.3. The van der Waals surface area contributed by atoms with Gasteiger partial charge in [-0.3, -0.25) is 0 Å². The standard InChI is InChI=1S/C35H22O/c1-2-7-23-18-24(13-12-22(23)6-1)25-14-15-26-19-27-16-17-28(21-33(27)32(26)20-25)29-9-5-10-31-30-8-3-4-11-34(30)36-35(29)31/h1-18,20-21H,19H2. The van der Waals surface area contributed by atoms with Crippen LogP contribution in [0, 0.1) is 0 Å². The second-order valence-corrected chi connectivity index (χ2v) is 9.76. The summed E-state index contributed by atoms with van der Waals surface area (Å²) in [5, 5.41) is 4.89. The zero-order chi connectivity index (χ0) is 23.6. The van der Waals surface area contributed by atoms with E-state index in [0.29, 0.717) is 0 Å². The molecule has 1 heteroatoms. The zero-order valence-electron chi connectivity index (χ0n) is 19.7. The van der Waals surface area contributed by atoms with Crippen LogP contribution in [-0.2, 0) is 6.42 Å². The smallest absolute Gasteiger partial charge is 0.143 e. The third-order valence-corrected chi connectivity index (χ3v) is 7.69. The van der Waals surface area contributed by atoms with Gasteiger partial charge in [-0.15, -0.1) is 0 Å². The minimum absolute atomic E-state index is 0.937. The maximum Gasteiger partial charge on any atom is 0.143 e. The van der Waals surface area contributed by atoms with E-state index in [1.807, 2.05) is 12.1 Å². The highest BCUT2D eigenvalue weighted by molar-refractivity contribution is 6.09. The summed E-state index contributed by atoms with van der Waals surface area (Å²) in [5.74, 6) is 0. The third kappa shape index (κ3) is 2.90. The Morgan fingerprint density at radius 3 is 2.00 bits per heavy atom. The van der Waals surface area contributed by atoms with Gasteiger partial charge in [0.05, 0.1) is 0 Å². The molecule has 0 unspecified atom stereocenters. The predicted octanol–water partition coefficient (Wildman–Crippen LogP) is 9.64. The van der Waals surface area contributed by atoms with E-state index >= 15 is 0 Å². The van der Waals surface area contributed by atoms with Gasteiger partial charge in [0.2, 0.25) is 0 Å². The predicted molar refractivity (Wildman–Crippen MR) is 150 cm³/mol. The Labute approximate surface area is 209 Å². The van der Waals surface area contributed by atoms with Crippen molar-refractivity contribution in [3.63, 3.8) is 0 Å². The molecule has 168 valence electrons. The highest BCUT2D eigenvalue weighted by Gasteiger charge is 2.21. The summed E-state index contributed by atoms with van der Waals surface area (Å²) in [4.78, 5) is 0. The zero-order valence-corrected chi connectivity index (χ0v) is 19.7. The number of para-hydroxylation sites is 2. The minimum atomic E-state index is 0.937. The number of hydrogen-bond donors (Lipinski definition) is 0. The van der Waals surface area contributed by atoms with Crippen molar-refractivity contribution in [1.29, 1.82) is 0 Å². The average Bonchev–Trinajstić information content (AvgIpc) is 3.50. The van der Waals surface area contributed by atoms with Crippen LogP contribution in [0.3, 0.4) is 0 Å². The summed E-state index contributed by atoms with van der Waals surface area (Å²) in [5.41, 5.74) is 12.2. The molecule has 36 heavy (non-hydrogen) atoms. The SMILES string of the molecule is c1ccc2cc(-c3ccc4c(c3)-c3cc(-c5cccc6c5oc5ccccc56)ccc3C4)ccc2c1. The summed E-state index contributed by atoms with van der Waals surface area (Å²) < 4.78 is 6.34. The van der Waals surface area contributed by atoms with E-state index in [1.165, 1.54) is 60.5 Å². The lowest BCUT2D eigenvalue weighted by atomic mass is 9.95. The fourth-order valence-electron chi connectivity index (χ4n) is 5.86. The van der Waals surface area contributed by atoms with Crippen molar-refractivity contribution >= 4 is 32.7 Å². The van der Waals surface area contributed by atoms with Gasteiger partial charge in [0, 0.05) is 16.3 Å². The van der Waals surface area contributed by atoms with Crippen LogP contribution in [0.5, 0.6) is 0 Å². The van der Waals surface area contributed by atoms with E-state index in [4.69, 9.17) is 4.42 Å². The number of furan rings is 1. The molecule has 0 bridgehead atoms. The van der Waals surface area contributed by atoms with Crippen LogP contribution in [0.1, 0.15) is 11.1 Å². The first-order valence-electron chi connectivity index (χ1n) is 12.5. The number of fused-ring (bicyclic) bond motifs is 7. The molecule has 8 rings (SSSR count). The molecule has 0 N–H and O–H groups in total. The monoisotopic (exact) mass is 458 g/mol. The lowest BCUT2D eigenvalue weighted by Crippen LogP contribution is -1.84. The van der Waals surface area contributed by atoms with Gasteiger partial charge < -0.3 is 4.42 Å². The second kappa shape index (κ2) is 7.44. The number of hydrogen-bond acceptors (Lipinski definition) is 1. The largest absolute Gasteiger partial charge is 0.455 e. The normalized spacial score (nSPS) is 12.3. The van der Waals surface area contributed by atoms with Gasteiger partial charge in [-0.1, -0.05) is 97.1 Å². The molecule has 0 fully saturated rings. The van der Waals surface area contributed by atoms with Crippen molar-refractivity contribution in [2.45, 2.75) is 6.42 Å². The molecule has 0 spiro atoms. The van der Waals surface area contributed by atoms with Crippen LogP contribution in [0.15, 0.2) is 126 Å². The van der Waals surface area contributed by atoms with Crippen LogP contribution < -0.4 is 0 Å². The van der Waals surface area contributed by atoms with Crippen molar-refractivity contribution in [3.05, 3.63) is 132 Å². The van der Waals surface area contributed by atoms with Crippen LogP contribution >= 0.6 is 0 Å². The van der Waals surface area contributed by atoms with E-state index in [-0.39, 0.29) is 0 Å². The minimum Gasteiger partial charge on any atom is -0.455 e. The van der Waals surface area contributed by atoms with Crippen LogP contribution in [-0.4, -0.2) is 0 Å². The van der Waals surface area contributed by atoms with Gasteiger partial charge in [0.25, 0.3) is 0 Å². The first-order valence-corrected chi connectivity index (χ1v) is 12.5. The summed E-state index contributed by atoms with van der Waals surface area (Å²) in [6, 6.07) is 43.9. The van der Waals surface area contributed by atoms with E-state index in [2.05, 4.69) is 109 Å². The molecule has 7 aromatic rings. The molecule has 0 radical (unpaired) electrons. The summed E-state index contributed by atoms with van der Waals surface area (Å²) >= 11 is 0. The average molecular weight is 459 g/mol. The first-order chi connectivity index (χ1) is 17.8. The maximum absolute atomic E-state index is 6.34. The van der Waals surface area contributed by atoms with Crippen molar-refractivity contribution in [2.75, 3.05) is 0 Å². The van der Waals surface area contributed by atoms with E-state index in [1.54, 1.807) is 0 Å². The van der Waals surface area contributed by atoms with Crippen LogP contribution in [0.2, 0.25) is 0 Å². The van der Waals surface area contributed by atoms with Gasteiger partial charge in [-0.05, 0) is 80.4 Å². The van der Waals surface area contributed by atoms with Crippen molar-refractivity contribution in [3.8, 4) is 33.4 Å². The van der Waals surface area contributed by atoms with Crippen LogP contribution in [0.4, 0.5) is 0 Å². The summed E-state index contributed by atoms with van der Waals surface area (Å²) in [6.45, 7) is 0. The Morgan fingerprint density at radius 2 is 1.11 bits per heavy atom. The van der Waals surface area contributed by atoms with Gasteiger partial charge in [-0.25, -0.2) is 0 Å². The topological polar surface area (TPSA) is 13.1 Å². The summed E-state index contributed by atoms with van der Waals surface area (Å²) in [6.07, 6.45) is 0.984. The molecule has 0 saturated carbocycles. The number of benzene rings is 6. The van der Waals surface area contributed by atoms with Crippen molar-refractivity contribution in [1.82, 2.24) is 0 Å².